The summed E-state index contributed by atoms with van der Waals surface area (Å²) in [5.74, 6) is 2.50. The van der Waals surface area contributed by atoms with Crippen molar-refractivity contribution in [3.63, 3.8) is 0 Å². The number of rotatable bonds is 9. The summed E-state index contributed by atoms with van der Waals surface area (Å²) < 4.78 is 22.6. The number of ether oxygens (including phenoxy) is 3. The van der Waals surface area contributed by atoms with Gasteiger partial charge in [-0.3, -0.25) is 4.79 Å². The number of carbonyl (C=O) groups is 1. The van der Waals surface area contributed by atoms with Gasteiger partial charge in [-0.15, -0.1) is 0 Å². The highest BCUT2D eigenvalue weighted by Crippen LogP contribution is 2.35. The van der Waals surface area contributed by atoms with Crippen molar-refractivity contribution in [1.82, 2.24) is 4.98 Å². The summed E-state index contributed by atoms with van der Waals surface area (Å²) in [6, 6.07) is 12.9. The zero-order valence-electron chi connectivity index (χ0n) is 17.9. The van der Waals surface area contributed by atoms with E-state index >= 15 is 0 Å². The fourth-order valence-electron chi connectivity index (χ4n) is 3.89. The van der Waals surface area contributed by atoms with Crippen LogP contribution in [0.5, 0.6) is 17.2 Å². The summed E-state index contributed by atoms with van der Waals surface area (Å²) in [6.07, 6.45) is 7.17. The van der Waals surface area contributed by atoms with Gasteiger partial charge < -0.3 is 18.6 Å². The highest BCUT2D eigenvalue weighted by Gasteiger charge is 2.20. The van der Waals surface area contributed by atoms with Crippen LogP contribution in [0.4, 0.5) is 0 Å². The van der Waals surface area contributed by atoms with Crippen molar-refractivity contribution in [2.75, 3.05) is 14.2 Å². The van der Waals surface area contributed by atoms with Crippen molar-refractivity contribution in [1.29, 1.82) is 0 Å². The molecule has 31 heavy (non-hydrogen) atoms. The summed E-state index contributed by atoms with van der Waals surface area (Å²) in [5, 5.41) is 0. The molecule has 1 saturated carbocycles. The number of oxazole rings is 1. The number of nitrogens with zero attached hydrogens (tertiary/aromatic N) is 1. The molecular formula is C25H27NO5. The molecule has 1 fully saturated rings. The Balaban J connectivity index is 1.45. The van der Waals surface area contributed by atoms with E-state index in [4.69, 9.17) is 18.6 Å². The van der Waals surface area contributed by atoms with E-state index in [1.807, 2.05) is 30.3 Å². The normalized spacial score (nSPS) is 13.9. The summed E-state index contributed by atoms with van der Waals surface area (Å²) in [6.45, 7) is 0. The van der Waals surface area contributed by atoms with E-state index in [0.717, 1.165) is 24.1 Å². The molecule has 162 valence electrons. The predicted molar refractivity (Wildman–Crippen MR) is 117 cm³/mol. The van der Waals surface area contributed by atoms with Crippen LogP contribution in [0.1, 0.15) is 48.2 Å². The van der Waals surface area contributed by atoms with Gasteiger partial charge in [0.25, 0.3) is 0 Å². The van der Waals surface area contributed by atoms with Crippen LogP contribution in [0.2, 0.25) is 0 Å². The SMILES string of the molecule is COc1ccc(-c2nc(CCC(=O)c3ccccc3OC)co2)cc1OC1CCCC1. The van der Waals surface area contributed by atoms with Crippen LogP contribution < -0.4 is 14.2 Å². The second-order valence-electron chi connectivity index (χ2n) is 7.66. The predicted octanol–water partition coefficient (Wildman–Crippen LogP) is 5.50. The minimum absolute atomic E-state index is 0.0127. The maximum absolute atomic E-state index is 12.6. The van der Waals surface area contributed by atoms with Gasteiger partial charge in [0.15, 0.2) is 17.3 Å². The second kappa shape index (κ2) is 9.69. The highest BCUT2D eigenvalue weighted by molar-refractivity contribution is 5.98. The zero-order chi connectivity index (χ0) is 21.6. The number of ketones is 1. The molecule has 0 aliphatic heterocycles. The average Bonchev–Trinajstić information content (AvgIpc) is 3.49. The topological polar surface area (TPSA) is 70.8 Å². The van der Waals surface area contributed by atoms with Gasteiger partial charge >= 0.3 is 0 Å². The lowest BCUT2D eigenvalue weighted by Crippen LogP contribution is -2.11. The lowest BCUT2D eigenvalue weighted by atomic mass is 10.0. The first kappa shape index (κ1) is 21.0. The molecule has 0 saturated heterocycles. The Kier molecular flexibility index (Phi) is 6.55. The summed E-state index contributed by atoms with van der Waals surface area (Å²) in [7, 11) is 3.20. The molecule has 4 rings (SSSR count). The van der Waals surface area contributed by atoms with E-state index in [2.05, 4.69) is 4.98 Å². The van der Waals surface area contributed by atoms with Gasteiger partial charge in [0.2, 0.25) is 5.89 Å². The van der Waals surface area contributed by atoms with Gasteiger partial charge in [0.1, 0.15) is 12.0 Å². The molecule has 1 aromatic heterocycles. The molecule has 3 aromatic rings. The van der Waals surface area contributed by atoms with Crippen LogP contribution in [-0.4, -0.2) is 31.1 Å². The van der Waals surface area contributed by atoms with Crippen molar-refractivity contribution in [2.45, 2.75) is 44.6 Å². The molecule has 1 aliphatic carbocycles. The fraction of sp³-hybridized carbons (Fsp3) is 0.360. The Bertz CT molecular complexity index is 1040. The Morgan fingerprint density at radius 2 is 1.81 bits per heavy atom. The molecule has 1 aliphatic rings. The van der Waals surface area contributed by atoms with Gasteiger partial charge in [0, 0.05) is 18.4 Å². The van der Waals surface area contributed by atoms with Crippen molar-refractivity contribution in [3.8, 4) is 28.7 Å². The lowest BCUT2D eigenvalue weighted by molar-refractivity contribution is 0.0979. The highest BCUT2D eigenvalue weighted by atomic mass is 16.5. The molecular weight excluding hydrogens is 394 g/mol. The van der Waals surface area contributed by atoms with Crippen LogP contribution in [0.15, 0.2) is 53.1 Å². The van der Waals surface area contributed by atoms with E-state index < -0.39 is 0 Å². The molecule has 0 N–H and O–H groups in total. The van der Waals surface area contributed by atoms with Crippen molar-refractivity contribution in [2.24, 2.45) is 0 Å². The molecule has 6 heteroatoms. The van der Waals surface area contributed by atoms with Crippen molar-refractivity contribution < 1.29 is 23.4 Å². The number of aryl methyl sites for hydroxylation is 1. The Hall–Kier alpha value is -3.28. The first-order chi connectivity index (χ1) is 15.2. The van der Waals surface area contributed by atoms with E-state index in [-0.39, 0.29) is 11.9 Å². The smallest absolute Gasteiger partial charge is 0.226 e. The standard InChI is InChI=1S/C25H27NO5/c1-28-22-10-6-5-9-20(22)21(27)13-12-18-16-30-25(26-18)17-11-14-23(29-2)24(15-17)31-19-7-3-4-8-19/h5-6,9-11,14-16,19H,3-4,7-8,12-13H2,1-2H3. The van der Waals surface area contributed by atoms with E-state index in [9.17, 15) is 4.79 Å². The van der Waals surface area contributed by atoms with Gasteiger partial charge in [-0.2, -0.15) is 0 Å². The van der Waals surface area contributed by atoms with E-state index in [1.54, 1.807) is 32.6 Å². The van der Waals surface area contributed by atoms with Gasteiger partial charge in [-0.05, 0) is 56.0 Å². The van der Waals surface area contributed by atoms with Crippen LogP contribution in [0.25, 0.3) is 11.5 Å². The first-order valence-corrected chi connectivity index (χ1v) is 10.6. The molecule has 1 heterocycles. The largest absolute Gasteiger partial charge is 0.496 e. The second-order valence-corrected chi connectivity index (χ2v) is 7.66. The van der Waals surface area contributed by atoms with Crippen LogP contribution in [0, 0.1) is 0 Å². The number of para-hydroxylation sites is 1. The minimum Gasteiger partial charge on any atom is -0.496 e. The number of hydrogen-bond acceptors (Lipinski definition) is 6. The number of Topliss-reactive ketones (excluding diaryl/α,β-unsaturated/α-hetero) is 1. The number of aromatic nitrogens is 1. The maximum Gasteiger partial charge on any atom is 0.226 e. The number of methoxy groups -OCH3 is 2. The van der Waals surface area contributed by atoms with Crippen molar-refractivity contribution >= 4 is 5.78 Å². The molecule has 0 spiro atoms. The Morgan fingerprint density at radius 3 is 2.58 bits per heavy atom. The van der Waals surface area contributed by atoms with E-state index in [1.165, 1.54) is 12.8 Å². The van der Waals surface area contributed by atoms with Gasteiger partial charge in [-0.1, -0.05) is 12.1 Å². The molecule has 0 radical (unpaired) electrons. The molecule has 6 nitrogen and oxygen atoms in total. The lowest BCUT2D eigenvalue weighted by Gasteiger charge is -2.16. The Morgan fingerprint density at radius 1 is 1.03 bits per heavy atom. The first-order valence-electron chi connectivity index (χ1n) is 10.6. The van der Waals surface area contributed by atoms with Crippen LogP contribution in [-0.2, 0) is 6.42 Å². The maximum atomic E-state index is 12.6. The molecule has 0 bridgehead atoms. The summed E-state index contributed by atoms with van der Waals surface area (Å²) >= 11 is 0. The van der Waals surface area contributed by atoms with Crippen molar-refractivity contribution in [3.05, 3.63) is 60.0 Å². The average molecular weight is 421 g/mol. The summed E-state index contributed by atoms with van der Waals surface area (Å²) in [4.78, 5) is 17.2. The van der Waals surface area contributed by atoms with Crippen LogP contribution in [0.3, 0.4) is 0 Å². The third-order valence-corrected chi connectivity index (χ3v) is 5.57. The number of carbonyl (C=O) groups excluding carboxylic acids is 1. The number of hydrogen-bond donors (Lipinski definition) is 0. The minimum atomic E-state index is 0.0127. The molecule has 0 atom stereocenters. The van der Waals surface area contributed by atoms with Gasteiger partial charge in [-0.25, -0.2) is 4.98 Å². The third kappa shape index (κ3) is 4.90. The zero-order valence-corrected chi connectivity index (χ0v) is 17.9. The monoisotopic (exact) mass is 421 g/mol. The molecule has 0 unspecified atom stereocenters. The summed E-state index contributed by atoms with van der Waals surface area (Å²) in [5.41, 5.74) is 2.13. The number of benzene rings is 2. The van der Waals surface area contributed by atoms with Crippen LogP contribution >= 0.6 is 0 Å². The third-order valence-electron chi connectivity index (χ3n) is 5.57. The quantitative estimate of drug-likeness (QED) is 0.425. The van der Waals surface area contributed by atoms with Gasteiger partial charge in [0.05, 0.1) is 31.6 Å². The molecule has 2 aromatic carbocycles. The Labute approximate surface area is 182 Å². The van der Waals surface area contributed by atoms with E-state index in [0.29, 0.717) is 41.5 Å². The fourth-order valence-corrected chi connectivity index (χ4v) is 3.89. The molecule has 0 amide bonds.